The van der Waals surface area contributed by atoms with Crippen LogP contribution in [0.3, 0.4) is 0 Å². The van der Waals surface area contributed by atoms with Gasteiger partial charge in [0, 0.05) is 23.7 Å². The van der Waals surface area contributed by atoms with Crippen molar-refractivity contribution >= 4 is 64.2 Å². The molecule has 1 heterocycles. The molecule has 0 aromatic heterocycles. The monoisotopic (exact) mass is 517 g/mol. The molecule has 2 aromatic rings. The number of rotatable bonds is 10. The van der Waals surface area contributed by atoms with Crippen LogP contribution in [0.5, 0.6) is 0 Å². The van der Waals surface area contributed by atoms with Crippen LogP contribution in [0.2, 0.25) is 5.02 Å². The van der Waals surface area contributed by atoms with E-state index in [1.54, 1.807) is 66.4 Å². The molecule has 1 fully saturated rings. The first-order valence-corrected chi connectivity index (χ1v) is 13.1. The zero-order valence-electron chi connectivity index (χ0n) is 18.5. The van der Waals surface area contributed by atoms with Crippen LogP contribution in [0.1, 0.15) is 22.3 Å². The average Bonchev–Trinajstić information content (AvgIpc) is 3.10. The van der Waals surface area contributed by atoms with Crippen LogP contribution in [-0.2, 0) is 9.59 Å². The lowest BCUT2D eigenvalue weighted by Gasteiger charge is -2.19. The molecule has 0 aliphatic carbocycles. The maximum absolute atomic E-state index is 12.7. The number of benzene rings is 2. The Morgan fingerprint density at radius 2 is 1.82 bits per heavy atom. The maximum Gasteiger partial charge on any atom is 0.293 e. The molecule has 0 saturated carbocycles. The van der Waals surface area contributed by atoms with Gasteiger partial charge in [-0.1, -0.05) is 41.9 Å². The summed E-state index contributed by atoms with van der Waals surface area (Å²) in [7, 11) is 0. The highest BCUT2D eigenvalue weighted by Gasteiger charge is 2.34. The molecule has 2 N–H and O–H groups in total. The second-order valence-corrected chi connectivity index (χ2v) is 9.76. The van der Waals surface area contributed by atoms with Gasteiger partial charge < -0.3 is 10.6 Å². The highest BCUT2D eigenvalue weighted by molar-refractivity contribution is 8.18. The summed E-state index contributed by atoms with van der Waals surface area (Å²) in [5, 5.41) is 5.69. The van der Waals surface area contributed by atoms with Crippen molar-refractivity contribution in [1.82, 2.24) is 15.5 Å². The maximum atomic E-state index is 12.7. The van der Waals surface area contributed by atoms with Gasteiger partial charge >= 0.3 is 0 Å². The minimum Gasteiger partial charge on any atom is -0.353 e. The molecule has 1 unspecified atom stereocenters. The molecule has 4 amide bonds. The lowest BCUT2D eigenvalue weighted by molar-refractivity contribution is -0.125. The van der Waals surface area contributed by atoms with Gasteiger partial charge in [0.15, 0.2) is 0 Å². The summed E-state index contributed by atoms with van der Waals surface area (Å²) in [6.45, 7) is 0.123. The Morgan fingerprint density at radius 3 is 2.50 bits per heavy atom. The molecule has 7 nitrogen and oxygen atoms in total. The minimum absolute atomic E-state index is 0.0379. The number of nitrogens with zero attached hydrogens (tertiary/aromatic N) is 1. The summed E-state index contributed by atoms with van der Waals surface area (Å²) >= 11 is 8.31. The van der Waals surface area contributed by atoms with Gasteiger partial charge in [-0.15, -0.1) is 0 Å². The summed E-state index contributed by atoms with van der Waals surface area (Å²) in [5.74, 6) is -0.413. The third kappa shape index (κ3) is 7.12. The highest BCUT2D eigenvalue weighted by Crippen LogP contribution is 2.32. The smallest absolute Gasteiger partial charge is 0.293 e. The van der Waals surface area contributed by atoms with Crippen LogP contribution in [0.25, 0.3) is 6.08 Å². The van der Waals surface area contributed by atoms with Gasteiger partial charge in [0.1, 0.15) is 6.04 Å². The molecular formula is C24H24ClN3O4S2. The summed E-state index contributed by atoms with van der Waals surface area (Å²) in [4.78, 5) is 51.6. The Hall–Kier alpha value is -2.75. The summed E-state index contributed by atoms with van der Waals surface area (Å²) in [6.07, 6.45) is 4.01. The van der Waals surface area contributed by atoms with Crippen molar-refractivity contribution in [3.05, 3.63) is 75.7 Å². The second kappa shape index (κ2) is 12.6. The lowest BCUT2D eigenvalue weighted by Crippen LogP contribution is -2.48. The molecule has 0 spiro atoms. The van der Waals surface area contributed by atoms with E-state index in [0.717, 1.165) is 22.2 Å². The number of hydrogen-bond donors (Lipinski definition) is 2. The van der Waals surface area contributed by atoms with E-state index in [9.17, 15) is 19.2 Å². The van der Waals surface area contributed by atoms with Crippen LogP contribution in [-0.4, -0.2) is 59.0 Å². The van der Waals surface area contributed by atoms with Gasteiger partial charge in [0.2, 0.25) is 5.91 Å². The van der Waals surface area contributed by atoms with E-state index < -0.39 is 17.2 Å². The molecule has 1 saturated heterocycles. The van der Waals surface area contributed by atoms with E-state index in [1.165, 1.54) is 0 Å². The number of nitrogens with one attached hydrogen (secondary N) is 2. The molecule has 34 heavy (non-hydrogen) atoms. The number of amides is 4. The Balaban J connectivity index is 1.56. The number of halogens is 1. The zero-order chi connectivity index (χ0) is 24.5. The Kier molecular flexibility index (Phi) is 9.62. The van der Waals surface area contributed by atoms with Gasteiger partial charge in [0.05, 0.1) is 4.91 Å². The second-order valence-electron chi connectivity index (χ2n) is 7.35. The molecule has 10 heteroatoms. The van der Waals surface area contributed by atoms with Gasteiger partial charge in [-0.05, 0) is 66.1 Å². The zero-order valence-corrected chi connectivity index (χ0v) is 20.8. The normalized spacial score (nSPS) is 15.5. The van der Waals surface area contributed by atoms with Gasteiger partial charge in [-0.2, -0.15) is 11.8 Å². The minimum atomic E-state index is -0.722. The van der Waals surface area contributed by atoms with Crippen molar-refractivity contribution in [1.29, 1.82) is 0 Å². The first-order valence-electron chi connectivity index (χ1n) is 10.5. The van der Waals surface area contributed by atoms with Crippen molar-refractivity contribution in [3.8, 4) is 0 Å². The van der Waals surface area contributed by atoms with E-state index in [-0.39, 0.29) is 24.9 Å². The molecule has 1 atom stereocenters. The van der Waals surface area contributed by atoms with E-state index in [0.29, 0.717) is 27.7 Å². The number of hydrogen-bond acceptors (Lipinski definition) is 6. The molecule has 3 rings (SSSR count). The molecule has 1 aliphatic heterocycles. The van der Waals surface area contributed by atoms with Crippen LogP contribution in [0.15, 0.2) is 59.5 Å². The van der Waals surface area contributed by atoms with E-state index in [1.807, 2.05) is 12.3 Å². The standard InChI is InChI=1S/C24H24ClN3O4S2/c1-33-14-11-19(27-21(29)17-5-3-2-4-6-17)22(30)26-12-13-28-23(31)20(34-24(28)32)15-16-7-9-18(25)10-8-16/h2-10,15,19H,11-14H2,1H3,(H,26,30)(H,27,29)/b20-15+. The molecule has 0 radical (unpaired) electrons. The number of carbonyl (C=O) groups excluding carboxylic acids is 4. The van der Waals surface area contributed by atoms with Crippen LogP contribution in [0, 0.1) is 0 Å². The largest absolute Gasteiger partial charge is 0.353 e. The average molecular weight is 518 g/mol. The van der Waals surface area contributed by atoms with Crippen molar-refractivity contribution < 1.29 is 19.2 Å². The molecule has 1 aliphatic rings. The van der Waals surface area contributed by atoms with Gasteiger partial charge in [0.25, 0.3) is 17.1 Å². The first kappa shape index (κ1) is 25.9. The van der Waals surface area contributed by atoms with Crippen molar-refractivity contribution in [2.75, 3.05) is 25.1 Å². The fraction of sp³-hybridized carbons (Fsp3) is 0.250. The number of carbonyl (C=O) groups is 4. The fourth-order valence-electron chi connectivity index (χ4n) is 3.15. The fourth-order valence-corrected chi connectivity index (χ4v) is 4.62. The number of imide groups is 1. The van der Waals surface area contributed by atoms with Crippen LogP contribution < -0.4 is 10.6 Å². The Morgan fingerprint density at radius 1 is 1.12 bits per heavy atom. The third-order valence-electron chi connectivity index (χ3n) is 4.94. The summed E-state index contributed by atoms with van der Waals surface area (Å²) in [5.41, 5.74) is 1.23. The Bertz CT molecular complexity index is 1080. The summed E-state index contributed by atoms with van der Waals surface area (Å²) < 4.78 is 0. The van der Waals surface area contributed by atoms with Gasteiger partial charge in [-0.3, -0.25) is 24.1 Å². The van der Waals surface area contributed by atoms with Crippen molar-refractivity contribution in [2.45, 2.75) is 12.5 Å². The first-order chi connectivity index (χ1) is 16.4. The van der Waals surface area contributed by atoms with E-state index in [2.05, 4.69) is 10.6 Å². The molecule has 0 bridgehead atoms. The molecular weight excluding hydrogens is 494 g/mol. The summed E-state index contributed by atoms with van der Waals surface area (Å²) in [6, 6.07) is 14.9. The lowest BCUT2D eigenvalue weighted by atomic mass is 10.1. The van der Waals surface area contributed by atoms with Crippen molar-refractivity contribution in [2.24, 2.45) is 0 Å². The number of thioether (sulfide) groups is 2. The highest BCUT2D eigenvalue weighted by atomic mass is 35.5. The predicted molar refractivity (Wildman–Crippen MR) is 138 cm³/mol. The SMILES string of the molecule is CSCCC(NC(=O)c1ccccc1)C(=O)NCCN1C(=O)S/C(=C/c2ccc(Cl)cc2)C1=O. The quantitative estimate of drug-likeness (QED) is 0.462. The van der Waals surface area contributed by atoms with Crippen LogP contribution >= 0.6 is 35.1 Å². The molecule has 178 valence electrons. The van der Waals surface area contributed by atoms with Gasteiger partial charge in [-0.25, -0.2) is 0 Å². The predicted octanol–water partition coefficient (Wildman–Crippen LogP) is 4.04. The third-order valence-corrected chi connectivity index (χ3v) is 6.75. The molecule has 2 aromatic carbocycles. The van der Waals surface area contributed by atoms with E-state index in [4.69, 9.17) is 11.6 Å². The van der Waals surface area contributed by atoms with E-state index >= 15 is 0 Å². The Labute approximate surface area is 211 Å². The van der Waals surface area contributed by atoms with Crippen LogP contribution in [0.4, 0.5) is 4.79 Å². The van der Waals surface area contributed by atoms with Crippen molar-refractivity contribution in [3.63, 3.8) is 0 Å². The topological polar surface area (TPSA) is 95.6 Å².